The number of hydrogen-bond acceptors (Lipinski definition) is 3. The number of likely N-dealkylation sites (tertiary alicyclic amines) is 1. The van der Waals surface area contributed by atoms with E-state index in [1.165, 1.54) is 32.1 Å². The van der Waals surface area contributed by atoms with E-state index in [1.807, 2.05) is 11.9 Å². The fraction of sp³-hybridized carbons (Fsp3) is 0.941. The third kappa shape index (κ3) is 4.43. The van der Waals surface area contributed by atoms with Gasteiger partial charge < -0.3 is 10.0 Å². The summed E-state index contributed by atoms with van der Waals surface area (Å²) in [6.07, 6.45) is 9.30. The average Bonchev–Trinajstić information content (AvgIpc) is 2.49. The van der Waals surface area contributed by atoms with Crippen LogP contribution in [-0.2, 0) is 4.79 Å². The number of aliphatic hydroxyl groups is 1. The highest BCUT2D eigenvalue weighted by Crippen LogP contribution is 2.28. The van der Waals surface area contributed by atoms with Crippen molar-refractivity contribution in [3.05, 3.63) is 0 Å². The Hall–Kier alpha value is -0.610. The van der Waals surface area contributed by atoms with Crippen molar-refractivity contribution >= 4 is 5.91 Å². The van der Waals surface area contributed by atoms with Gasteiger partial charge in [-0.3, -0.25) is 9.69 Å². The summed E-state index contributed by atoms with van der Waals surface area (Å²) < 4.78 is 0. The number of carbonyl (C=O) groups is 1. The van der Waals surface area contributed by atoms with Gasteiger partial charge in [0.15, 0.2) is 0 Å². The first-order chi connectivity index (χ1) is 10.1. The van der Waals surface area contributed by atoms with E-state index in [1.54, 1.807) is 0 Å². The fourth-order valence-electron chi connectivity index (χ4n) is 4.09. The first-order valence-electron chi connectivity index (χ1n) is 8.74. The van der Waals surface area contributed by atoms with Gasteiger partial charge in [-0.2, -0.15) is 0 Å². The first kappa shape index (κ1) is 16.8. The summed E-state index contributed by atoms with van der Waals surface area (Å²) in [4.78, 5) is 16.9. The highest BCUT2D eigenvalue weighted by molar-refractivity contribution is 5.78. The van der Waals surface area contributed by atoms with E-state index in [4.69, 9.17) is 0 Å². The van der Waals surface area contributed by atoms with Crippen LogP contribution in [0.2, 0.25) is 0 Å². The molecule has 0 aromatic rings. The molecule has 3 atom stereocenters. The lowest BCUT2D eigenvalue weighted by Gasteiger charge is -2.39. The number of carbonyl (C=O) groups excluding carboxylic acids is 1. The highest BCUT2D eigenvalue weighted by atomic mass is 16.3. The van der Waals surface area contributed by atoms with Gasteiger partial charge in [-0.1, -0.05) is 26.2 Å². The molecule has 4 heteroatoms. The number of nitrogens with zero attached hydrogens (tertiary/aromatic N) is 2. The zero-order valence-electron chi connectivity index (χ0n) is 13.8. The van der Waals surface area contributed by atoms with Crippen molar-refractivity contribution in [2.75, 3.05) is 26.7 Å². The Labute approximate surface area is 129 Å². The molecule has 1 aliphatic heterocycles. The van der Waals surface area contributed by atoms with E-state index in [9.17, 15) is 9.90 Å². The molecule has 1 saturated heterocycles. The predicted molar refractivity (Wildman–Crippen MR) is 85.1 cm³/mol. The molecule has 4 nitrogen and oxygen atoms in total. The molecule has 122 valence electrons. The summed E-state index contributed by atoms with van der Waals surface area (Å²) >= 11 is 0. The topological polar surface area (TPSA) is 43.8 Å². The molecular weight excluding hydrogens is 264 g/mol. The van der Waals surface area contributed by atoms with Crippen LogP contribution in [0.3, 0.4) is 0 Å². The Kier molecular flexibility index (Phi) is 6.49. The van der Waals surface area contributed by atoms with E-state index in [-0.39, 0.29) is 12.5 Å². The second kappa shape index (κ2) is 8.14. The van der Waals surface area contributed by atoms with E-state index < -0.39 is 0 Å². The number of piperidine rings is 1. The quantitative estimate of drug-likeness (QED) is 0.846. The van der Waals surface area contributed by atoms with E-state index in [0.29, 0.717) is 24.5 Å². The number of aliphatic hydroxyl groups excluding tert-OH is 1. The Morgan fingerprint density at radius 3 is 2.62 bits per heavy atom. The maximum atomic E-state index is 12.6. The van der Waals surface area contributed by atoms with Gasteiger partial charge in [0, 0.05) is 25.7 Å². The van der Waals surface area contributed by atoms with Crippen LogP contribution < -0.4 is 0 Å². The third-order valence-electron chi connectivity index (χ3n) is 5.51. The van der Waals surface area contributed by atoms with Gasteiger partial charge >= 0.3 is 0 Å². The number of likely N-dealkylation sites (N-methyl/N-ethyl adjacent to an activating group) is 1. The van der Waals surface area contributed by atoms with Crippen molar-refractivity contribution in [3.63, 3.8) is 0 Å². The largest absolute Gasteiger partial charge is 0.396 e. The molecule has 1 N–H and O–H groups in total. The fourth-order valence-corrected chi connectivity index (χ4v) is 4.09. The maximum Gasteiger partial charge on any atom is 0.236 e. The molecule has 1 aliphatic carbocycles. The van der Waals surface area contributed by atoms with Gasteiger partial charge in [-0.25, -0.2) is 0 Å². The second-order valence-electron chi connectivity index (χ2n) is 6.97. The van der Waals surface area contributed by atoms with Crippen LogP contribution >= 0.6 is 0 Å². The monoisotopic (exact) mass is 296 g/mol. The summed E-state index contributed by atoms with van der Waals surface area (Å²) in [5.41, 5.74) is 0. The van der Waals surface area contributed by atoms with Gasteiger partial charge in [0.1, 0.15) is 0 Å². The smallest absolute Gasteiger partial charge is 0.236 e. The van der Waals surface area contributed by atoms with Crippen LogP contribution in [0.5, 0.6) is 0 Å². The summed E-state index contributed by atoms with van der Waals surface area (Å²) in [7, 11) is 1.99. The summed E-state index contributed by atoms with van der Waals surface area (Å²) in [6.45, 7) is 4.04. The third-order valence-corrected chi connectivity index (χ3v) is 5.51. The van der Waals surface area contributed by atoms with Crippen LogP contribution in [0.15, 0.2) is 0 Å². The van der Waals surface area contributed by atoms with E-state index in [2.05, 4.69) is 11.8 Å². The van der Waals surface area contributed by atoms with Gasteiger partial charge in [0.05, 0.1) is 6.54 Å². The summed E-state index contributed by atoms with van der Waals surface area (Å²) in [5, 5.41) is 9.20. The van der Waals surface area contributed by atoms with Crippen LogP contribution in [0.1, 0.15) is 58.3 Å². The minimum absolute atomic E-state index is 0.227. The Morgan fingerprint density at radius 1 is 1.19 bits per heavy atom. The van der Waals surface area contributed by atoms with Crippen molar-refractivity contribution < 1.29 is 9.90 Å². The minimum Gasteiger partial charge on any atom is -0.396 e. The standard InChI is InChI=1S/C17H32N2O2/c1-14-7-3-4-9-16(14)18(2)17(21)13-19-11-6-5-8-15(19)10-12-20/h14-16,20H,3-13H2,1-2H3. The molecule has 1 saturated carbocycles. The second-order valence-corrected chi connectivity index (χ2v) is 6.97. The molecule has 1 heterocycles. The predicted octanol–water partition coefficient (Wildman–Crippen LogP) is 2.26. The molecule has 2 aliphatic rings. The van der Waals surface area contributed by atoms with Gasteiger partial charge in [-0.15, -0.1) is 0 Å². The summed E-state index contributed by atoms with van der Waals surface area (Å²) in [6, 6.07) is 0.817. The molecule has 0 bridgehead atoms. The van der Waals surface area contributed by atoms with Crippen molar-refractivity contribution in [2.24, 2.45) is 5.92 Å². The number of amides is 1. The van der Waals surface area contributed by atoms with Gasteiger partial charge in [0.2, 0.25) is 5.91 Å². The van der Waals surface area contributed by atoms with Crippen molar-refractivity contribution in [2.45, 2.75) is 70.4 Å². The van der Waals surface area contributed by atoms with Crippen LogP contribution in [0, 0.1) is 5.92 Å². The zero-order valence-corrected chi connectivity index (χ0v) is 13.8. The Balaban J connectivity index is 1.89. The van der Waals surface area contributed by atoms with Gasteiger partial charge in [-0.05, 0) is 44.6 Å². The average molecular weight is 296 g/mol. The van der Waals surface area contributed by atoms with Crippen molar-refractivity contribution in [1.82, 2.24) is 9.80 Å². The SMILES string of the molecule is CC1CCCCC1N(C)C(=O)CN1CCCCC1CCO. The number of rotatable bonds is 5. The molecule has 0 spiro atoms. The number of hydrogen-bond donors (Lipinski definition) is 1. The lowest BCUT2D eigenvalue weighted by molar-refractivity contribution is -0.135. The molecule has 2 fully saturated rings. The first-order valence-corrected chi connectivity index (χ1v) is 8.74. The van der Waals surface area contributed by atoms with E-state index in [0.717, 1.165) is 25.8 Å². The van der Waals surface area contributed by atoms with Crippen molar-refractivity contribution in [3.8, 4) is 0 Å². The lowest BCUT2D eigenvalue weighted by atomic mass is 9.85. The van der Waals surface area contributed by atoms with E-state index >= 15 is 0 Å². The molecule has 2 rings (SSSR count). The molecule has 0 aromatic carbocycles. The van der Waals surface area contributed by atoms with Crippen LogP contribution in [0.25, 0.3) is 0 Å². The molecule has 3 unspecified atom stereocenters. The zero-order chi connectivity index (χ0) is 15.2. The normalized spacial score (nSPS) is 31.1. The molecular formula is C17H32N2O2. The molecule has 0 aromatic heterocycles. The summed E-state index contributed by atoms with van der Waals surface area (Å²) in [5.74, 6) is 0.890. The molecule has 21 heavy (non-hydrogen) atoms. The molecule has 1 amide bonds. The Morgan fingerprint density at radius 2 is 1.90 bits per heavy atom. The van der Waals surface area contributed by atoms with Gasteiger partial charge in [0.25, 0.3) is 0 Å². The van der Waals surface area contributed by atoms with Crippen LogP contribution in [-0.4, -0.2) is 59.6 Å². The Bertz CT molecular complexity index is 333. The highest BCUT2D eigenvalue weighted by Gasteiger charge is 2.30. The van der Waals surface area contributed by atoms with Crippen molar-refractivity contribution in [1.29, 1.82) is 0 Å². The molecule has 0 radical (unpaired) electrons. The van der Waals surface area contributed by atoms with Crippen LogP contribution in [0.4, 0.5) is 0 Å². The minimum atomic E-state index is 0.227. The maximum absolute atomic E-state index is 12.6. The lowest BCUT2D eigenvalue weighted by Crippen LogP contribution is -2.50.